The Morgan fingerprint density at radius 1 is 1.64 bits per heavy atom. The van der Waals surface area contributed by atoms with Crippen molar-refractivity contribution in [2.24, 2.45) is 10.9 Å². The zero-order chi connectivity index (χ0) is 7.84. The molecule has 3 nitrogen and oxygen atoms in total. The summed E-state index contributed by atoms with van der Waals surface area (Å²) in [5.74, 6) is -0.0630. The van der Waals surface area contributed by atoms with Gasteiger partial charge in [-0.2, -0.15) is 0 Å². The van der Waals surface area contributed by atoms with E-state index in [4.69, 9.17) is 0 Å². The van der Waals surface area contributed by atoms with Crippen molar-refractivity contribution in [3.63, 3.8) is 0 Å². The van der Waals surface area contributed by atoms with Crippen LogP contribution in [0, 0.1) is 5.92 Å². The van der Waals surface area contributed by atoms with Crippen molar-refractivity contribution in [3.05, 3.63) is 23.0 Å². The number of amides is 1. The van der Waals surface area contributed by atoms with Crippen LogP contribution in [-0.4, -0.2) is 11.6 Å². The molecule has 0 bridgehead atoms. The zero-order valence-corrected chi connectivity index (χ0v) is 7.13. The maximum atomic E-state index is 11.1. The molecule has 0 aromatic carbocycles. The van der Waals surface area contributed by atoms with E-state index in [-0.39, 0.29) is 11.8 Å². The van der Waals surface area contributed by atoms with Gasteiger partial charge in [-0.25, -0.2) is 0 Å². The minimum absolute atomic E-state index is 0.0451. The molecule has 4 heteroatoms. The van der Waals surface area contributed by atoms with E-state index in [0.29, 0.717) is 5.71 Å². The SMILES string of the molecule is O=C1NC=C(Br)C2C=CN=C12. The Morgan fingerprint density at radius 2 is 2.45 bits per heavy atom. The highest BCUT2D eigenvalue weighted by atomic mass is 79.9. The lowest BCUT2D eigenvalue weighted by Gasteiger charge is -2.15. The van der Waals surface area contributed by atoms with Gasteiger partial charge < -0.3 is 5.32 Å². The van der Waals surface area contributed by atoms with Crippen LogP contribution in [0.3, 0.4) is 0 Å². The number of nitrogens with one attached hydrogen (secondary N) is 1. The summed E-state index contributed by atoms with van der Waals surface area (Å²) in [5.41, 5.74) is 0.569. The molecule has 0 aliphatic carbocycles. The number of carbonyl (C=O) groups excluding carboxylic acids is 1. The fourth-order valence-corrected chi connectivity index (χ4v) is 1.59. The van der Waals surface area contributed by atoms with Gasteiger partial charge in [-0.1, -0.05) is 22.0 Å². The summed E-state index contributed by atoms with van der Waals surface area (Å²) in [5, 5.41) is 2.58. The molecular weight excluding hydrogens is 208 g/mol. The lowest BCUT2D eigenvalue weighted by molar-refractivity contribution is -0.114. The van der Waals surface area contributed by atoms with Gasteiger partial charge in [0.1, 0.15) is 5.71 Å². The molecule has 0 radical (unpaired) electrons. The molecule has 1 unspecified atom stereocenters. The van der Waals surface area contributed by atoms with Gasteiger partial charge in [-0.05, 0) is 0 Å². The minimum atomic E-state index is -0.108. The second kappa shape index (κ2) is 2.30. The van der Waals surface area contributed by atoms with Crippen molar-refractivity contribution >= 4 is 27.5 Å². The number of halogens is 1. The molecule has 2 aliphatic heterocycles. The number of aliphatic imine (C=N–C) groups is 1. The smallest absolute Gasteiger partial charge is 0.270 e. The lowest BCUT2D eigenvalue weighted by Crippen LogP contribution is -2.35. The first-order chi connectivity index (χ1) is 5.29. The lowest BCUT2D eigenvalue weighted by atomic mass is 10.0. The molecule has 0 aromatic rings. The number of hydrogen-bond acceptors (Lipinski definition) is 2. The Kier molecular flexibility index (Phi) is 1.42. The van der Waals surface area contributed by atoms with Crippen LogP contribution in [0.5, 0.6) is 0 Å². The van der Waals surface area contributed by atoms with E-state index in [0.717, 1.165) is 4.48 Å². The molecule has 1 N–H and O–H groups in total. The van der Waals surface area contributed by atoms with Gasteiger partial charge in [0.15, 0.2) is 0 Å². The van der Waals surface area contributed by atoms with Gasteiger partial charge in [0, 0.05) is 16.9 Å². The van der Waals surface area contributed by atoms with Gasteiger partial charge >= 0.3 is 0 Å². The molecule has 0 spiro atoms. The monoisotopic (exact) mass is 212 g/mol. The topological polar surface area (TPSA) is 41.5 Å². The Hall–Kier alpha value is -0.900. The molecule has 1 amide bonds. The van der Waals surface area contributed by atoms with E-state index >= 15 is 0 Å². The molecule has 2 aliphatic rings. The van der Waals surface area contributed by atoms with Crippen molar-refractivity contribution < 1.29 is 4.79 Å². The van der Waals surface area contributed by atoms with Gasteiger partial charge in [0.2, 0.25) is 0 Å². The first-order valence-corrected chi connectivity index (χ1v) is 3.99. The maximum Gasteiger partial charge on any atom is 0.270 e. The van der Waals surface area contributed by atoms with Crippen LogP contribution >= 0.6 is 15.9 Å². The minimum Gasteiger partial charge on any atom is -0.327 e. The average Bonchev–Trinajstić information content (AvgIpc) is 2.45. The van der Waals surface area contributed by atoms with Crippen molar-refractivity contribution in [1.29, 1.82) is 0 Å². The first kappa shape index (κ1) is 6.79. The predicted octanol–water partition coefficient (Wildman–Crippen LogP) is 0.937. The van der Waals surface area contributed by atoms with E-state index in [1.165, 1.54) is 0 Å². The van der Waals surface area contributed by atoms with Crippen molar-refractivity contribution in [1.82, 2.24) is 5.32 Å². The molecule has 2 heterocycles. The van der Waals surface area contributed by atoms with Crippen LogP contribution in [0.15, 0.2) is 28.0 Å². The highest BCUT2D eigenvalue weighted by molar-refractivity contribution is 9.11. The second-order valence-electron chi connectivity index (χ2n) is 2.34. The van der Waals surface area contributed by atoms with Crippen LogP contribution < -0.4 is 5.32 Å². The summed E-state index contributed by atoms with van der Waals surface area (Å²) in [7, 11) is 0. The Balaban J connectivity index is 2.44. The molecule has 56 valence electrons. The van der Waals surface area contributed by atoms with Crippen LogP contribution in [0.1, 0.15) is 0 Å². The molecule has 0 saturated heterocycles. The molecule has 1 atom stereocenters. The third-order valence-corrected chi connectivity index (χ3v) is 2.38. The summed E-state index contributed by atoms with van der Waals surface area (Å²) in [6.45, 7) is 0. The molecule has 11 heavy (non-hydrogen) atoms. The highest BCUT2D eigenvalue weighted by Gasteiger charge is 2.28. The van der Waals surface area contributed by atoms with Gasteiger partial charge in [0.05, 0.1) is 5.92 Å². The third kappa shape index (κ3) is 0.939. The molecule has 0 fully saturated rings. The first-order valence-electron chi connectivity index (χ1n) is 3.20. The molecular formula is C7H5BrN2O. The van der Waals surface area contributed by atoms with Crippen LogP contribution in [-0.2, 0) is 4.79 Å². The number of rotatable bonds is 0. The molecule has 0 aromatic heterocycles. The van der Waals surface area contributed by atoms with Crippen molar-refractivity contribution in [2.75, 3.05) is 0 Å². The number of nitrogens with zero attached hydrogens (tertiary/aromatic N) is 1. The van der Waals surface area contributed by atoms with E-state index in [1.807, 2.05) is 6.08 Å². The summed E-state index contributed by atoms with van der Waals surface area (Å²) >= 11 is 3.34. The largest absolute Gasteiger partial charge is 0.327 e. The predicted molar refractivity (Wildman–Crippen MR) is 45.2 cm³/mol. The normalized spacial score (nSPS) is 27.4. The number of allylic oxidation sites excluding steroid dienone is 2. The van der Waals surface area contributed by atoms with Crippen LogP contribution in [0.4, 0.5) is 0 Å². The highest BCUT2D eigenvalue weighted by Crippen LogP contribution is 2.26. The fourth-order valence-electron chi connectivity index (χ4n) is 1.10. The summed E-state index contributed by atoms with van der Waals surface area (Å²) in [4.78, 5) is 15.0. The molecule has 2 rings (SSSR count). The van der Waals surface area contributed by atoms with Crippen LogP contribution in [0.25, 0.3) is 0 Å². The summed E-state index contributed by atoms with van der Waals surface area (Å²) < 4.78 is 0.949. The van der Waals surface area contributed by atoms with Gasteiger partial charge in [-0.15, -0.1) is 0 Å². The van der Waals surface area contributed by atoms with E-state index in [9.17, 15) is 4.79 Å². The van der Waals surface area contributed by atoms with E-state index in [2.05, 4.69) is 26.2 Å². The second-order valence-corrected chi connectivity index (χ2v) is 3.25. The summed E-state index contributed by atoms with van der Waals surface area (Å²) in [6, 6.07) is 0. The quantitative estimate of drug-likeness (QED) is 0.639. The Bertz CT molecular complexity index is 304. The van der Waals surface area contributed by atoms with Gasteiger partial charge in [0.25, 0.3) is 5.91 Å². The summed E-state index contributed by atoms with van der Waals surface area (Å²) in [6.07, 6.45) is 5.19. The van der Waals surface area contributed by atoms with Crippen molar-refractivity contribution in [2.45, 2.75) is 0 Å². The zero-order valence-electron chi connectivity index (χ0n) is 5.54. The van der Waals surface area contributed by atoms with Crippen LogP contribution in [0.2, 0.25) is 0 Å². The Labute approximate surface area is 72.0 Å². The third-order valence-electron chi connectivity index (χ3n) is 1.66. The standard InChI is InChI=1S/C7H5BrN2O/c8-5-3-10-7(11)6-4(5)1-2-9-6/h1-4H,(H,10,11). The number of hydrogen-bond donors (Lipinski definition) is 1. The van der Waals surface area contributed by atoms with Crippen molar-refractivity contribution in [3.8, 4) is 0 Å². The fraction of sp³-hybridized carbons (Fsp3) is 0.143. The van der Waals surface area contributed by atoms with E-state index in [1.54, 1.807) is 12.4 Å². The number of carbonyl (C=O) groups is 1. The average molecular weight is 213 g/mol. The maximum absolute atomic E-state index is 11.1. The van der Waals surface area contributed by atoms with Gasteiger partial charge in [-0.3, -0.25) is 9.79 Å². The Morgan fingerprint density at radius 3 is 3.18 bits per heavy atom. The number of fused-ring (bicyclic) bond motifs is 1. The van der Waals surface area contributed by atoms with E-state index < -0.39 is 0 Å². The molecule has 0 saturated carbocycles.